The molecule has 0 spiro atoms. The lowest BCUT2D eigenvalue weighted by Gasteiger charge is -2.22. The van der Waals surface area contributed by atoms with Crippen LogP contribution in [0.5, 0.6) is 11.5 Å². The summed E-state index contributed by atoms with van der Waals surface area (Å²) in [6.45, 7) is 6.28. The molecule has 0 amide bonds. The van der Waals surface area contributed by atoms with Crippen LogP contribution in [0, 0.1) is 11.3 Å². The molecule has 2 rings (SSSR count). The second kappa shape index (κ2) is 8.99. The van der Waals surface area contributed by atoms with Crippen molar-refractivity contribution in [3.63, 3.8) is 0 Å². The molecule has 0 bridgehead atoms. The molecule has 2 aromatic carbocycles. The summed E-state index contributed by atoms with van der Waals surface area (Å²) < 4.78 is 23.5. The van der Waals surface area contributed by atoms with Gasteiger partial charge in [-0.15, -0.1) is 0 Å². The number of methoxy groups -OCH3 is 2. The Morgan fingerprint density at radius 2 is 1.72 bits per heavy atom. The molecule has 0 aliphatic heterocycles. The van der Waals surface area contributed by atoms with Gasteiger partial charge in [0.15, 0.2) is 5.70 Å². The molecule has 29 heavy (non-hydrogen) atoms. The number of nitrogens with zero attached hydrogens (tertiary/aromatic N) is 2. The summed E-state index contributed by atoms with van der Waals surface area (Å²) in [6, 6.07) is 14.2. The Morgan fingerprint density at radius 1 is 1.10 bits per heavy atom. The van der Waals surface area contributed by atoms with Crippen molar-refractivity contribution in [3.8, 4) is 17.6 Å². The van der Waals surface area contributed by atoms with Gasteiger partial charge in [-0.05, 0) is 35.2 Å². The van der Waals surface area contributed by atoms with E-state index < -0.39 is 10.8 Å². The van der Waals surface area contributed by atoms with Crippen molar-refractivity contribution in [2.45, 2.75) is 31.1 Å². The maximum atomic E-state index is 13.0. The number of ether oxygens (including phenoxy) is 2. The average Bonchev–Trinajstić information content (AvgIpc) is 2.72. The van der Waals surface area contributed by atoms with Gasteiger partial charge in [-0.25, -0.2) is 10.1 Å². The standard InChI is InChI=1S/C21H26N4O3S/c1-21(2,3)14-6-9-16(10-7-14)29(26)20(23)18(13-22)25(24)17-12-15(27-4)8-11-19(17)28-5/h6-12H,23-24H2,1-5H3/b20-18+. The fourth-order valence-electron chi connectivity index (χ4n) is 2.63. The predicted octanol–water partition coefficient (Wildman–Crippen LogP) is 3.14. The van der Waals surface area contributed by atoms with Gasteiger partial charge in [-0.2, -0.15) is 5.26 Å². The van der Waals surface area contributed by atoms with Crippen molar-refractivity contribution in [2.24, 2.45) is 11.6 Å². The van der Waals surface area contributed by atoms with Crippen LogP contribution in [0.1, 0.15) is 26.3 Å². The first kappa shape index (κ1) is 22.3. The highest BCUT2D eigenvalue weighted by Crippen LogP contribution is 2.33. The van der Waals surface area contributed by atoms with Gasteiger partial charge >= 0.3 is 0 Å². The van der Waals surface area contributed by atoms with Crippen LogP contribution >= 0.6 is 0 Å². The summed E-state index contributed by atoms with van der Waals surface area (Å²) in [5, 5.41) is 10.6. The van der Waals surface area contributed by atoms with E-state index in [4.69, 9.17) is 21.1 Å². The minimum Gasteiger partial charge on any atom is -0.497 e. The first-order valence-electron chi connectivity index (χ1n) is 8.83. The molecule has 0 radical (unpaired) electrons. The van der Waals surface area contributed by atoms with Crippen LogP contribution in [-0.2, 0) is 16.2 Å². The lowest BCUT2D eigenvalue weighted by molar-refractivity contribution is 0.403. The molecule has 0 aliphatic carbocycles. The molecule has 8 heteroatoms. The van der Waals surface area contributed by atoms with Crippen LogP contribution in [0.15, 0.2) is 58.1 Å². The number of nitrogens with two attached hydrogens (primary N) is 2. The third-order valence-electron chi connectivity index (χ3n) is 4.36. The van der Waals surface area contributed by atoms with Gasteiger partial charge in [-0.1, -0.05) is 32.9 Å². The Morgan fingerprint density at radius 3 is 2.21 bits per heavy atom. The fraction of sp³-hybridized carbons (Fsp3) is 0.286. The van der Waals surface area contributed by atoms with Gasteiger partial charge < -0.3 is 15.2 Å². The molecular formula is C21H26N4O3S. The van der Waals surface area contributed by atoms with E-state index in [0.29, 0.717) is 22.1 Å². The van der Waals surface area contributed by atoms with E-state index in [1.54, 1.807) is 30.3 Å². The second-order valence-electron chi connectivity index (χ2n) is 7.28. The molecule has 0 saturated heterocycles. The van der Waals surface area contributed by atoms with Gasteiger partial charge in [-0.3, -0.25) is 5.01 Å². The molecule has 0 heterocycles. The molecule has 1 unspecified atom stereocenters. The summed E-state index contributed by atoms with van der Waals surface area (Å²) in [6.07, 6.45) is 0. The van der Waals surface area contributed by atoms with Crippen molar-refractivity contribution >= 4 is 16.5 Å². The van der Waals surface area contributed by atoms with Crippen LogP contribution in [0.3, 0.4) is 0 Å². The third-order valence-corrected chi connectivity index (χ3v) is 5.65. The zero-order valence-corrected chi connectivity index (χ0v) is 18.0. The van der Waals surface area contributed by atoms with E-state index in [0.717, 1.165) is 10.6 Å². The molecule has 0 fully saturated rings. The number of benzene rings is 2. The summed E-state index contributed by atoms with van der Waals surface area (Å²) >= 11 is 0. The fourth-order valence-corrected chi connectivity index (χ4v) is 3.58. The lowest BCUT2D eigenvalue weighted by atomic mass is 9.87. The average molecular weight is 415 g/mol. The van der Waals surface area contributed by atoms with E-state index in [1.807, 2.05) is 18.2 Å². The molecule has 7 nitrogen and oxygen atoms in total. The first-order valence-corrected chi connectivity index (χ1v) is 9.98. The van der Waals surface area contributed by atoms with E-state index in [-0.39, 0.29) is 16.1 Å². The van der Waals surface area contributed by atoms with E-state index in [2.05, 4.69) is 20.8 Å². The number of hydrogen-bond acceptors (Lipinski definition) is 7. The molecule has 0 saturated carbocycles. The predicted molar refractivity (Wildman–Crippen MR) is 115 cm³/mol. The Balaban J connectivity index is 2.45. The van der Waals surface area contributed by atoms with Gasteiger partial charge in [0.05, 0.1) is 14.2 Å². The molecule has 1 atom stereocenters. The summed E-state index contributed by atoms with van der Waals surface area (Å²) in [5.74, 6) is 7.08. The van der Waals surface area contributed by atoms with Crippen LogP contribution in [0.2, 0.25) is 0 Å². The highest BCUT2D eigenvalue weighted by Gasteiger charge is 2.21. The van der Waals surface area contributed by atoms with Crippen LogP contribution in [0.25, 0.3) is 0 Å². The maximum Gasteiger partial charge on any atom is 0.168 e. The Kier molecular flexibility index (Phi) is 6.90. The quantitative estimate of drug-likeness (QED) is 0.424. The zero-order chi connectivity index (χ0) is 21.8. The van der Waals surface area contributed by atoms with Crippen molar-refractivity contribution in [1.82, 2.24) is 0 Å². The molecule has 4 N–H and O–H groups in total. The normalized spacial score (nSPS) is 13.1. The molecule has 2 aromatic rings. The van der Waals surface area contributed by atoms with Gasteiger partial charge in [0.2, 0.25) is 0 Å². The maximum absolute atomic E-state index is 13.0. The molecule has 154 valence electrons. The van der Waals surface area contributed by atoms with Gasteiger partial charge in [0, 0.05) is 11.0 Å². The molecule has 0 aromatic heterocycles. The topological polar surface area (TPSA) is 115 Å². The van der Waals surface area contributed by atoms with Crippen molar-refractivity contribution < 1.29 is 13.7 Å². The van der Waals surface area contributed by atoms with Crippen LogP contribution in [-0.4, -0.2) is 18.4 Å². The Bertz CT molecular complexity index is 973. The SMILES string of the molecule is COc1ccc(OC)c(N(N)/C(C#N)=C(\N)S(=O)c2ccc(C(C)(C)C)cc2)c1. The van der Waals surface area contributed by atoms with E-state index in [9.17, 15) is 9.47 Å². The zero-order valence-electron chi connectivity index (χ0n) is 17.2. The Labute approximate surface area is 173 Å². The monoisotopic (exact) mass is 414 g/mol. The van der Waals surface area contributed by atoms with Crippen molar-refractivity contribution in [3.05, 3.63) is 58.8 Å². The minimum absolute atomic E-state index is 0.0316. The number of hydrogen-bond donors (Lipinski definition) is 2. The third kappa shape index (κ3) is 4.88. The number of rotatable bonds is 6. The summed E-state index contributed by atoms with van der Waals surface area (Å²) in [4.78, 5) is 0.481. The van der Waals surface area contributed by atoms with Crippen LogP contribution < -0.4 is 26.1 Å². The summed E-state index contributed by atoms with van der Waals surface area (Å²) in [7, 11) is 1.23. The van der Waals surface area contributed by atoms with Gasteiger partial charge in [0.1, 0.15) is 39.1 Å². The van der Waals surface area contributed by atoms with Crippen LogP contribution in [0.4, 0.5) is 5.69 Å². The largest absolute Gasteiger partial charge is 0.497 e. The second-order valence-corrected chi connectivity index (χ2v) is 8.72. The summed E-state index contributed by atoms with van der Waals surface area (Å²) in [5.41, 5.74) is 7.37. The minimum atomic E-state index is -1.76. The van der Waals surface area contributed by atoms with E-state index >= 15 is 0 Å². The number of anilines is 1. The first-order chi connectivity index (χ1) is 13.6. The van der Waals surface area contributed by atoms with Gasteiger partial charge in [0.25, 0.3) is 0 Å². The van der Waals surface area contributed by atoms with E-state index in [1.165, 1.54) is 14.2 Å². The number of nitriles is 1. The smallest absolute Gasteiger partial charge is 0.168 e. The van der Waals surface area contributed by atoms with Crippen molar-refractivity contribution in [2.75, 3.05) is 19.2 Å². The lowest BCUT2D eigenvalue weighted by Crippen LogP contribution is -2.33. The highest BCUT2D eigenvalue weighted by molar-refractivity contribution is 7.89. The number of allylic oxidation sites excluding steroid dienone is 1. The highest BCUT2D eigenvalue weighted by atomic mass is 32.2. The molecular weight excluding hydrogens is 388 g/mol. The molecule has 0 aliphatic rings. The number of hydrazine groups is 1. The Hall–Kier alpha value is -3.02. The van der Waals surface area contributed by atoms with Crippen molar-refractivity contribution in [1.29, 1.82) is 5.26 Å².